The maximum atomic E-state index is 13.6. The molecule has 5 rings (SSSR count). The van der Waals surface area contributed by atoms with Crippen molar-refractivity contribution in [3.63, 3.8) is 0 Å². The van der Waals surface area contributed by atoms with E-state index in [0.29, 0.717) is 32.2 Å². The number of furan rings is 1. The average Bonchev–Trinajstić information content (AvgIpc) is 3.53. The average molecular weight is 572 g/mol. The van der Waals surface area contributed by atoms with Crippen molar-refractivity contribution >= 4 is 71.5 Å². The molecule has 0 fully saturated rings. The van der Waals surface area contributed by atoms with E-state index in [-0.39, 0.29) is 17.3 Å². The molecule has 0 atom stereocenters. The first kappa shape index (κ1) is 25.3. The second-order valence-electron chi connectivity index (χ2n) is 8.17. The van der Waals surface area contributed by atoms with E-state index in [4.69, 9.17) is 32.6 Å². The molecule has 2 aromatic heterocycles. The third-order valence-electron chi connectivity index (χ3n) is 5.52. The first-order valence-corrected chi connectivity index (χ1v) is 14.0. The van der Waals surface area contributed by atoms with Gasteiger partial charge in [-0.1, -0.05) is 34.5 Å². The highest BCUT2D eigenvalue weighted by Gasteiger charge is 2.24. The molecule has 0 aliphatic carbocycles. The molecule has 1 amide bonds. The van der Waals surface area contributed by atoms with E-state index in [1.54, 1.807) is 30.5 Å². The molecule has 5 aromatic rings. The molecule has 0 bridgehead atoms. The normalized spacial score (nSPS) is 11.5. The highest BCUT2D eigenvalue weighted by molar-refractivity contribution is 7.92. The van der Waals surface area contributed by atoms with Crippen LogP contribution in [0.2, 0.25) is 10.0 Å². The Balaban J connectivity index is 1.43. The lowest BCUT2D eigenvalue weighted by Crippen LogP contribution is -2.30. The van der Waals surface area contributed by atoms with Crippen molar-refractivity contribution < 1.29 is 17.6 Å². The van der Waals surface area contributed by atoms with E-state index in [1.807, 2.05) is 19.1 Å². The zero-order valence-electron chi connectivity index (χ0n) is 19.3. The van der Waals surface area contributed by atoms with Crippen molar-refractivity contribution in [1.29, 1.82) is 0 Å². The van der Waals surface area contributed by atoms with Gasteiger partial charge in [-0.05, 0) is 85.3 Å². The van der Waals surface area contributed by atoms with Crippen molar-refractivity contribution in [3.8, 4) is 0 Å². The minimum atomic E-state index is -3.81. The van der Waals surface area contributed by atoms with E-state index < -0.39 is 10.0 Å². The molecule has 0 aliphatic heterocycles. The minimum Gasteiger partial charge on any atom is -0.467 e. The molecule has 1 N–H and O–H groups in total. The Morgan fingerprint density at radius 1 is 1.03 bits per heavy atom. The van der Waals surface area contributed by atoms with Gasteiger partial charge in [-0.25, -0.2) is 13.4 Å². The molecule has 37 heavy (non-hydrogen) atoms. The van der Waals surface area contributed by atoms with Gasteiger partial charge in [-0.15, -0.1) is 0 Å². The van der Waals surface area contributed by atoms with Gasteiger partial charge in [0.05, 0.1) is 27.9 Å². The highest BCUT2D eigenvalue weighted by Crippen LogP contribution is 2.34. The van der Waals surface area contributed by atoms with Crippen molar-refractivity contribution in [2.75, 3.05) is 9.62 Å². The van der Waals surface area contributed by atoms with Crippen LogP contribution in [0.15, 0.2) is 88.4 Å². The maximum absolute atomic E-state index is 13.6. The van der Waals surface area contributed by atoms with Crippen LogP contribution in [0.4, 0.5) is 10.8 Å². The summed E-state index contributed by atoms with van der Waals surface area (Å²) in [7, 11) is -3.81. The van der Waals surface area contributed by atoms with Gasteiger partial charge in [0.1, 0.15) is 5.76 Å². The number of amides is 1. The fraction of sp³-hybridized carbons (Fsp3) is 0.0769. The monoisotopic (exact) mass is 571 g/mol. The second-order valence-corrected chi connectivity index (χ2v) is 11.7. The van der Waals surface area contributed by atoms with Crippen LogP contribution in [0.1, 0.15) is 21.7 Å². The van der Waals surface area contributed by atoms with Gasteiger partial charge in [0.25, 0.3) is 15.9 Å². The van der Waals surface area contributed by atoms with E-state index in [0.717, 1.165) is 15.8 Å². The van der Waals surface area contributed by atoms with Crippen molar-refractivity contribution in [2.45, 2.75) is 18.4 Å². The smallest absolute Gasteiger partial charge is 0.261 e. The van der Waals surface area contributed by atoms with Crippen LogP contribution in [0.25, 0.3) is 10.2 Å². The third-order valence-corrected chi connectivity index (χ3v) is 8.41. The number of rotatable bonds is 7. The van der Waals surface area contributed by atoms with Crippen molar-refractivity contribution in [3.05, 3.63) is 106 Å². The summed E-state index contributed by atoms with van der Waals surface area (Å²) in [6.45, 7) is 2.09. The minimum absolute atomic E-state index is 0.0768. The van der Waals surface area contributed by atoms with E-state index in [9.17, 15) is 13.2 Å². The summed E-state index contributed by atoms with van der Waals surface area (Å²) in [4.78, 5) is 19.9. The second kappa shape index (κ2) is 10.2. The van der Waals surface area contributed by atoms with Crippen LogP contribution in [0.5, 0.6) is 0 Å². The Morgan fingerprint density at radius 3 is 2.43 bits per heavy atom. The number of thiazole rings is 1. The lowest BCUT2D eigenvalue weighted by atomic mass is 10.2. The summed E-state index contributed by atoms with van der Waals surface area (Å²) >= 11 is 13.4. The molecule has 0 spiro atoms. The SMILES string of the molecule is Cc1cc(Cl)cc2sc(N(Cc3ccco3)C(=O)c3ccc(NS(=O)(=O)c4ccc(Cl)cc4)cc3)nc12. The van der Waals surface area contributed by atoms with Crippen molar-refractivity contribution in [2.24, 2.45) is 0 Å². The van der Waals surface area contributed by atoms with Gasteiger partial charge in [0.2, 0.25) is 0 Å². The van der Waals surface area contributed by atoms with Crippen LogP contribution in [0.3, 0.4) is 0 Å². The summed E-state index contributed by atoms with van der Waals surface area (Å²) in [5, 5.41) is 1.53. The molecule has 188 valence electrons. The number of hydrogen-bond acceptors (Lipinski definition) is 6. The number of sulfonamides is 1. The first-order valence-electron chi connectivity index (χ1n) is 11.0. The topological polar surface area (TPSA) is 92.5 Å². The van der Waals surface area contributed by atoms with Crippen LogP contribution < -0.4 is 9.62 Å². The van der Waals surface area contributed by atoms with Gasteiger partial charge < -0.3 is 4.42 Å². The molecule has 0 saturated heterocycles. The number of nitrogens with one attached hydrogen (secondary N) is 1. The number of anilines is 2. The summed E-state index contributed by atoms with van der Waals surface area (Å²) in [5.41, 5.74) is 2.35. The Morgan fingerprint density at radius 2 is 1.76 bits per heavy atom. The fourth-order valence-electron chi connectivity index (χ4n) is 3.71. The Hall–Kier alpha value is -3.37. The van der Waals surface area contributed by atoms with E-state index in [2.05, 4.69) is 4.72 Å². The standard InChI is InChI=1S/C26H19Cl2N3O4S2/c1-16-13-19(28)14-23-24(16)29-26(36-23)31(15-21-3-2-12-35-21)25(32)17-4-8-20(9-5-17)30-37(33,34)22-10-6-18(27)7-11-22/h2-14,30H,15H2,1H3. The van der Waals surface area contributed by atoms with Crippen molar-refractivity contribution in [1.82, 2.24) is 4.98 Å². The molecule has 3 aromatic carbocycles. The Bertz CT molecular complexity index is 1680. The molecular formula is C26H19Cl2N3O4S2. The highest BCUT2D eigenvalue weighted by atomic mass is 35.5. The summed E-state index contributed by atoms with van der Waals surface area (Å²) in [5.74, 6) is 0.279. The number of benzene rings is 3. The van der Waals surface area contributed by atoms with Crippen LogP contribution in [-0.2, 0) is 16.6 Å². The molecule has 2 heterocycles. The number of halogens is 2. The number of carbonyl (C=O) groups excluding carboxylic acids is 1. The summed E-state index contributed by atoms with van der Waals surface area (Å²) < 4.78 is 34.2. The van der Waals surface area contributed by atoms with Crippen LogP contribution in [-0.4, -0.2) is 19.3 Å². The molecule has 11 heteroatoms. The molecule has 0 aliphatic rings. The predicted octanol–water partition coefficient (Wildman–Crippen LogP) is 7.15. The lowest BCUT2D eigenvalue weighted by Gasteiger charge is -2.19. The maximum Gasteiger partial charge on any atom is 0.261 e. The number of fused-ring (bicyclic) bond motifs is 1. The van der Waals surface area contributed by atoms with E-state index >= 15 is 0 Å². The molecule has 0 radical (unpaired) electrons. The number of carbonyl (C=O) groups is 1. The third kappa shape index (κ3) is 5.50. The van der Waals surface area contributed by atoms with Crippen LogP contribution >= 0.6 is 34.5 Å². The molecule has 7 nitrogen and oxygen atoms in total. The van der Waals surface area contributed by atoms with Gasteiger partial charge in [-0.3, -0.25) is 14.4 Å². The lowest BCUT2D eigenvalue weighted by molar-refractivity contribution is 0.0983. The molecule has 0 unspecified atom stereocenters. The van der Waals surface area contributed by atoms with Gasteiger partial charge in [-0.2, -0.15) is 0 Å². The molecular weight excluding hydrogens is 553 g/mol. The number of nitrogens with zero attached hydrogens (tertiary/aromatic N) is 2. The number of aromatic nitrogens is 1. The zero-order valence-corrected chi connectivity index (χ0v) is 22.5. The summed E-state index contributed by atoms with van der Waals surface area (Å²) in [6, 6.07) is 19.2. The zero-order chi connectivity index (χ0) is 26.2. The number of aryl methyl sites for hydroxylation is 1. The largest absolute Gasteiger partial charge is 0.467 e. The van der Waals surface area contributed by atoms with Gasteiger partial charge in [0, 0.05) is 21.3 Å². The van der Waals surface area contributed by atoms with E-state index in [1.165, 1.54) is 52.6 Å². The number of hydrogen-bond donors (Lipinski definition) is 1. The van der Waals surface area contributed by atoms with Gasteiger partial charge in [0.15, 0.2) is 5.13 Å². The van der Waals surface area contributed by atoms with Gasteiger partial charge >= 0.3 is 0 Å². The van der Waals surface area contributed by atoms with Crippen LogP contribution in [0, 0.1) is 6.92 Å². The first-order chi connectivity index (χ1) is 17.7. The molecule has 0 saturated carbocycles. The summed E-state index contributed by atoms with van der Waals surface area (Å²) in [6.07, 6.45) is 1.54. The predicted molar refractivity (Wildman–Crippen MR) is 147 cm³/mol. The quantitative estimate of drug-likeness (QED) is 0.224. The Kier molecular flexibility index (Phi) is 6.96. The Labute approximate surface area is 227 Å². The fourth-order valence-corrected chi connectivity index (χ4v) is 6.31.